The molecule has 0 aliphatic carbocycles. The Morgan fingerprint density at radius 3 is 2.40 bits per heavy atom. The van der Waals surface area contributed by atoms with Crippen LogP contribution < -0.4 is 10.5 Å². The van der Waals surface area contributed by atoms with Crippen molar-refractivity contribution in [3.8, 4) is 5.75 Å². The van der Waals surface area contributed by atoms with E-state index in [1.807, 2.05) is 26.0 Å². The summed E-state index contributed by atoms with van der Waals surface area (Å²) < 4.78 is 5.14. The Labute approximate surface area is 90.2 Å². The van der Waals surface area contributed by atoms with E-state index in [2.05, 4.69) is 0 Å². The highest BCUT2D eigenvalue weighted by Gasteiger charge is 2.07. The molecule has 1 rings (SSSR count). The van der Waals surface area contributed by atoms with Crippen molar-refractivity contribution in [2.24, 2.45) is 11.7 Å². The molecule has 0 heterocycles. The second-order valence-electron chi connectivity index (χ2n) is 3.92. The summed E-state index contributed by atoms with van der Waals surface area (Å²) in [6.07, 6.45) is 0.443. The highest BCUT2D eigenvalue weighted by Crippen LogP contribution is 2.13. The molecule has 0 fully saturated rings. The predicted molar refractivity (Wildman–Crippen MR) is 59.4 cm³/mol. The van der Waals surface area contributed by atoms with Crippen LogP contribution in [-0.2, 0) is 11.3 Å². The Morgan fingerprint density at radius 2 is 1.93 bits per heavy atom. The third kappa shape index (κ3) is 4.13. The van der Waals surface area contributed by atoms with Gasteiger partial charge < -0.3 is 10.5 Å². The first kappa shape index (κ1) is 11.7. The Balaban J connectivity index is 2.53. The van der Waals surface area contributed by atoms with Crippen LogP contribution in [0.25, 0.3) is 0 Å². The molecule has 3 nitrogen and oxygen atoms in total. The van der Waals surface area contributed by atoms with Crippen LogP contribution in [0.3, 0.4) is 0 Å². The first-order chi connectivity index (χ1) is 7.11. The molecule has 0 atom stereocenters. The number of nitrogens with two attached hydrogens (primary N) is 1. The Hall–Kier alpha value is -1.35. The quantitative estimate of drug-likeness (QED) is 0.607. The zero-order valence-electron chi connectivity index (χ0n) is 9.19. The van der Waals surface area contributed by atoms with Gasteiger partial charge in [0, 0.05) is 13.0 Å². The van der Waals surface area contributed by atoms with Crippen LogP contribution in [-0.4, -0.2) is 5.97 Å². The smallest absolute Gasteiger partial charge is 0.311 e. The number of esters is 1. The van der Waals surface area contributed by atoms with Crippen LogP contribution in [0.4, 0.5) is 0 Å². The first-order valence-corrected chi connectivity index (χ1v) is 5.11. The normalized spacial score (nSPS) is 10.4. The number of rotatable bonds is 4. The largest absolute Gasteiger partial charge is 0.427 e. The molecular formula is C12H17NO2. The number of carbonyl (C=O) groups excluding carboxylic acids is 1. The summed E-state index contributed by atoms with van der Waals surface area (Å²) in [6, 6.07) is 7.25. The Morgan fingerprint density at radius 1 is 1.33 bits per heavy atom. The standard InChI is InChI=1S/C12H17NO2/c1-9(2)7-12(14)15-11-5-3-10(8-13)4-6-11/h3-6,9H,7-8,13H2,1-2H3. The van der Waals surface area contributed by atoms with E-state index in [-0.39, 0.29) is 5.97 Å². The molecule has 15 heavy (non-hydrogen) atoms. The lowest BCUT2D eigenvalue weighted by Crippen LogP contribution is -2.10. The van der Waals surface area contributed by atoms with Crippen molar-refractivity contribution in [1.82, 2.24) is 0 Å². The van der Waals surface area contributed by atoms with Crippen molar-refractivity contribution < 1.29 is 9.53 Å². The average molecular weight is 207 g/mol. The number of hydrogen-bond donors (Lipinski definition) is 1. The lowest BCUT2D eigenvalue weighted by Gasteiger charge is -2.06. The number of hydrogen-bond acceptors (Lipinski definition) is 3. The van der Waals surface area contributed by atoms with E-state index in [1.165, 1.54) is 0 Å². The molecule has 0 radical (unpaired) electrons. The van der Waals surface area contributed by atoms with Crippen LogP contribution in [0.1, 0.15) is 25.8 Å². The summed E-state index contributed by atoms with van der Waals surface area (Å²) >= 11 is 0. The second-order valence-corrected chi connectivity index (χ2v) is 3.92. The van der Waals surface area contributed by atoms with E-state index in [0.29, 0.717) is 24.6 Å². The molecule has 3 heteroatoms. The lowest BCUT2D eigenvalue weighted by molar-refractivity contribution is -0.135. The SMILES string of the molecule is CC(C)CC(=O)Oc1ccc(CN)cc1. The van der Waals surface area contributed by atoms with Gasteiger partial charge in [-0.1, -0.05) is 26.0 Å². The topological polar surface area (TPSA) is 52.3 Å². The summed E-state index contributed by atoms with van der Waals surface area (Å²) in [6.45, 7) is 4.47. The lowest BCUT2D eigenvalue weighted by atomic mass is 10.1. The van der Waals surface area contributed by atoms with Crippen molar-refractivity contribution in [3.63, 3.8) is 0 Å². The molecule has 0 saturated carbocycles. The molecule has 1 aromatic carbocycles. The predicted octanol–water partition coefficient (Wildman–Crippen LogP) is 2.10. The van der Waals surface area contributed by atoms with Gasteiger partial charge in [-0.15, -0.1) is 0 Å². The molecule has 0 aliphatic heterocycles. The number of carbonyl (C=O) groups is 1. The molecule has 0 unspecified atom stereocenters. The van der Waals surface area contributed by atoms with E-state index < -0.39 is 0 Å². The second kappa shape index (κ2) is 5.51. The molecule has 0 spiro atoms. The molecule has 2 N–H and O–H groups in total. The van der Waals surface area contributed by atoms with Crippen molar-refractivity contribution in [2.75, 3.05) is 0 Å². The van der Waals surface area contributed by atoms with Crippen molar-refractivity contribution in [2.45, 2.75) is 26.8 Å². The van der Waals surface area contributed by atoms with Crippen molar-refractivity contribution >= 4 is 5.97 Å². The van der Waals surface area contributed by atoms with Crippen molar-refractivity contribution in [3.05, 3.63) is 29.8 Å². The maximum Gasteiger partial charge on any atom is 0.311 e. The van der Waals surface area contributed by atoms with Crippen molar-refractivity contribution in [1.29, 1.82) is 0 Å². The van der Waals surface area contributed by atoms with Crippen LogP contribution in [0.5, 0.6) is 5.75 Å². The number of benzene rings is 1. The molecule has 0 amide bonds. The zero-order chi connectivity index (χ0) is 11.3. The third-order valence-corrected chi connectivity index (χ3v) is 1.97. The maximum atomic E-state index is 11.3. The molecule has 0 aromatic heterocycles. The molecule has 1 aromatic rings. The Bertz CT molecular complexity index is 317. The fourth-order valence-corrected chi connectivity index (χ4v) is 1.20. The van der Waals surface area contributed by atoms with Gasteiger partial charge in [0.25, 0.3) is 0 Å². The molecule has 82 valence electrons. The zero-order valence-corrected chi connectivity index (χ0v) is 9.19. The third-order valence-electron chi connectivity index (χ3n) is 1.97. The maximum absolute atomic E-state index is 11.3. The summed E-state index contributed by atoms with van der Waals surface area (Å²) in [7, 11) is 0. The Kier molecular flexibility index (Phi) is 4.31. The minimum Gasteiger partial charge on any atom is -0.427 e. The van der Waals surface area contributed by atoms with Gasteiger partial charge in [-0.25, -0.2) is 0 Å². The highest BCUT2D eigenvalue weighted by molar-refractivity contribution is 5.72. The van der Waals surface area contributed by atoms with Gasteiger partial charge in [-0.05, 0) is 23.6 Å². The van der Waals surface area contributed by atoms with E-state index >= 15 is 0 Å². The summed E-state index contributed by atoms with van der Waals surface area (Å²) in [4.78, 5) is 11.3. The molecule has 0 bridgehead atoms. The monoisotopic (exact) mass is 207 g/mol. The highest BCUT2D eigenvalue weighted by atomic mass is 16.5. The van der Waals surface area contributed by atoms with Gasteiger partial charge in [-0.2, -0.15) is 0 Å². The average Bonchev–Trinajstić information content (AvgIpc) is 2.17. The van der Waals surface area contributed by atoms with Gasteiger partial charge in [0.2, 0.25) is 0 Å². The summed E-state index contributed by atoms with van der Waals surface area (Å²) in [5, 5.41) is 0. The van der Waals surface area contributed by atoms with E-state index in [1.54, 1.807) is 12.1 Å². The van der Waals surface area contributed by atoms with Crippen LogP contribution >= 0.6 is 0 Å². The summed E-state index contributed by atoms with van der Waals surface area (Å²) in [5.41, 5.74) is 6.49. The first-order valence-electron chi connectivity index (χ1n) is 5.11. The van der Waals surface area contributed by atoms with Gasteiger partial charge in [0.05, 0.1) is 0 Å². The van der Waals surface area contributed by atoms with E-state index in [0.717, 1.165) is 5.56 Å². The summed E-state index contributed by atoms with van der Waals surface area (Å²) in [5.74, 6) is 0.712. The minimum absolute atomic E-state index is 0.189. The van der Waals surface area contributed by atoms with Gasteiger partial charge in [-0.3, -0.25) is 4.79 Å². The van der Waals surface area contributed by atoms with Gasteiger partial charge >= 0.3 is 5.97 Å². The fourth-order valence-electron chi connectivity index (χ4n) is 1.20. The van der Waals surface area contributed by atoms with Crippen LogP contribution in [0, 0.1) is 5.92 Å². The van der Waals surface area contributed by atoms with Crippen LogP contribution in [0.15, 0.2) is 24.3 Å². The molecular weight excluding hydrogens is 190 g/mol. The molecule has 0 saturated heterocycles. The van der Waals surface area contributed by atoms with Gasteiger partial charge in [0.15, 0.2) is 0 Å². The van der Waals surface area contributed by atoms with E-state index in [4.69, 9.17) is 10.5 Å². The van der Waals surface area contributed by atoms with Crippen LogP contribution in [0.2, 0.25) is 0 Å². The van der Waals surface area contributed by atoms with E-state index in [9.17, 15) is 4.79 Å². The fraction of sp³-hybridized carbons (Fsp3) is 0.417. The number of ether oxygens (including phenoxy) is 1. The van der Waals surface area contributed by atoms with Gasteiger partial charge in [0.1, 0.15) is 5.75 Å². The molecule has 0 aliphatic rings. The minimum atomic E-state index is -0.189.